The van der Waals surface area contributed by atoms with E-state index in [0.717, 1.165) is 11.6 Å². The molecule has 33 heavy (non-hydrogen) atoms. The van der Waals surface area contributed by atoms with E-state index >= 15 is 0 Å². The second kappa shape index (κ2) is 9.52. The predicted octanol–water partition coefficient (Wildman–Crippen LogP) is 3.76. The third-order valence-corrected chi connectivity index (χ3v) is 7.96. The number of aryl methyl sites for hydroxylation is 1. The number of pyridine rings is 1. The maximum absolute atomic E-state index is 12.9. The first kappa shape index (κ1) is 24.7. The fourth-order valence-electron chi connectivity index (χ4n) is 3.41. The fraction of sp³-hybridized carbons (Fsp3) is 0.409. The van der Waals surface area contributed by atoms with Crippen molar-refractivity contribution >= 4 is 24.0 Å². The van der Waals surface area contributed by atoms with Crippen molar-refractivity contribution in [3.8, 4) is 28.6 Å². The Morgan fingerprint density at radius 3 is 2.21 bits per heavy atom. The van der Waals surface area contributed by atoms with E-state index in [1.807, 2.05) is 13.0 Å². The maximum Gasteiger partial charge on any atom is 0.246 e. The summed E-state index contributed by atoms with van der Waals surface area (Å²) in [5.41, 5.74) is 2.15. The average molecular weight is 490 g/mol. The van der Waals surface area contributed by atoms with E-state index in [0.29, 0.717) is 35.1 Å². The van der Waals surface area contributed by atoms with Crippen LogP contribution in [0.2, 0.25) is 25.7 Å². The monoisotopic (exact) mass is 489 g/mol. The minimum atomic E-state index is -3.65. The molecule has 0 saturated heterocycles. The van der Waals surface area contributed by atoms with Gasteiger partial charge in [0, 0.05) is 32.6 Å². The van der Waals surface area contributed by atoms with E-state index in [-0.39, 0.29) is 5.95 Å². The first-order chi connectivity index (χ1) is 15.5. The molecule has 0 aliphatic carbocycles. The number of para-hydroxylation sites is 1. The number of hydrogen-bond acceptors (Lipinski definition) is 7. The fourth-order valence-corrected chi connectivity index (χ4v) is 5.30. The van der Waals surface area contributed by atoms with Gasteiger partial charge >= 0.3 is 0 Å². The summed E-state index contributed by atoms with van der Waals surface area (Å²) in [6.45, 7) is 8.83. The van der Waals surface area contributed by atoms with Crippen molar-refractivity contribution < 1.29 is 17.9 Å². The molecule has 0 N–H and O–H groups in total. The first-order valence-electron chi connectivity index (χ1n) is 10.5. The molecule has 0 aliphatic rings. The number of benzene rings is 1. The van der Waals surface area contributed by atoms with Crippen LogP contribution in [0, 0.1) is 6.92 Å². The zero-order valence-corrected chi connectivity index (χ0v) is 22.0. The van der Waals surface area contributed by atoms with E-state index in [4.69, 9.17) is 9.47 Å². The molecule has 0 amide bonds. The Balaban J connectivity index is 2.35. The van der Waals surface area contributed by atoms with Gasteiger partial charge in [0.2, 0.25) is 16.0 Å². The standard InChI is InChI=1S/C22H31N5O4SSi/c1-16-13-17(15-23-14-16)21-24-25-22(26(32(4,28)29)11-12-33(5,6)7)27(21)20-18(30-2)9-8-10-19(20)31-3/h8-10,13-15H,11-12H2,1-7H3. The lowest BCUT2D eigenvalue weighted by Crippen LogP contribution is -2.37. The van der Waals surface area contributed by atoms with Crippen molar-refractivity contribution in [2.75, 3.05) is 31.3 Å². The van der Waals surface area contributed by atoms with Crippen molar-refractivity contribution in [3.63, 3.8) is 0 Å². The van der Waals surface area contributed by atoms with Gasteiger partial charge < -0.3 is 9.47 Å². The third-order valence-electron chi connectivity index (χ3n) is 5.09. The van der Waals surface area contributed by atoms with Gasteiger partial charge in [-0.25, -0.2) is 12.7 Å². The maximum atomic E-state index is 12.9. The van der Waals surface area contributed by atoms with E-state index in [1.54, 1.807) is 49.4 Å². The highest BCUT2D eigenvalue weighted by Crippen LogP contribution is 2.39. The number of aromatic nitrogens is 4. The number of nitrogens with zero attached hydrogens (tertiary/aromatic N) is 5. The summed E-state index contributed by atoms with van der Waals surface area (Å²) in [6.07, 6.45) is 4.60. The molecule has 178 valence electrons. The van der Waals surface area contributed by atoms with Crippen molar-refractivity contribution in [3.05, 3.63) is 42.2 Å². The third kappa shape index (κ3) is 5.53. The summed E-state index contributed by atoms with van der Waals surface area (Å²) in [5, 5.41) is 8.75. The summed E-state index contributed by atoms with van der Waals surface area (Å²) in [4.78, 5) is 4.28. The van der Waals surface area contributed by atoms with Gasteiger partial charge in [-0.2, -0.15) is 0 Å². The highest BCUT2D eigenvalue weighted by Gasteiger charge is 2.30. The molecule has 0 fully saturated rings. The van der Waals surface area contributed by atoms with E-state index < -0.39 is 18.1 Å². The summed E-state index contributed by atoms with van der Waals surface area (Å²) < 4.78 is 40.1. The lowest BCUT2D eigenvalue weighted by Gasteiger charge is -2.26. The zero-order valence-electron chi connectivity index (χ0n) is 20.2. The van der Waals surface area contributed by atoms with Crippen LogP contribution in [0.5, 0.6) is 11.5 Å². The number of rotatable bonds is 9. The molecule has 0 aliphatic heterocycles. The van der Waals surface area contributed by atoms with Crippen molar-refractivity contribution in [1.82, 2.24) is 19.7 Å². The largest absolute Gasteiger partial charge is 0.494 e. The van der Waals surface area contributed by atoms with Crippen LogP contribution in [0.25, 0.3) is 17.1 Å². The second-order valence-electron chi connectivity index (χ2n) is 9.07. The Labute approximate surface area is 196 Å². The van der Waals surface area contributed by atoms with E-state index in [9.17, 15) is 8.42 Å². The van der Waals surface area contributed by atoms with Gasteiger partial charge in [-0.1, -0.05) is 25.7 Å². The number of hydrogen-bond donors (Lipinski definition) is 0. The highest BCUT2D eigenvalue weighted by atomic mass is 32.2. The molecular formula is C22H31N5O4SSi. The lowest BCUT2D eigenvalue weighted by atomic mass is 10.2. The van der Waals surface area contributed by atoms with Crippen molar-refractivity contribution in [2.45, 2.75) is 32.6 Å². The predicted molar refractivity (Wildman–Crippen MR) is 133 cm³/mol. The van der Waals surface area contributed by atoms with Crippen LogP contribution in [0.4, 0.5) is 5.95 Å². The Morgan fingerprint density at radius 1 is 1.06 bits per heavy atom. The number of ether oxygens (including phenoxy) is 2. The van der Waals surface area contributed by atoms with Crippen LogP contribution in [0.3, 0.4) is 0 Å². The Kier molecular flexibility index (Phi) is 7.13. The zero-order chi connectivity index (χ0) is 24.4. The van der Waals surface area contributed by atoms with Crippen molar-refractivity contribution in [1.29, 1.82) is 0 Å². The minimum Gasteiger partial charge on any atom is -0.494 e. The second-order valence-corrected chi connectivity index (χ2v) is 16.6. The van der Waals surface area contributed by atoms with E-state index in [2.05, 4.69) is 34.8 Å². The molecule has 11 heteroatoms. The number of sulfonamides is 1. The molecule has 3 rings (SSSR count). The van der Waals surface area contributed by atoms with Gasteiger partial charge in [0.05, 0.1) is 20.5 Å². The molecule has 0 saturated carbocycles. The first-order valence-corrected chi connectivity index (χ1v) is 16.1. The Morgan fingerprint density at radius 2 is 1.70 bits per heavy atom. The van der Waals surface area contributed by atoms with Gasteiger partial charge in [-0.05, 0) is 36.7 Å². The van der Waals surface area contributed by atoms with Crippen LogP contribution in [-0.4, -0.2) is 63.3 Å². The average Bonchev–Trinajstić information content (AvgIpc) is 3.15. The molecule has 3 aromatic rings. The quantitative estimate of drug-likeness (QED) is 0.422. The molecule has 0 bridgehead atoms. The number of anilines is 1. The van der Waals surface area contributed by atoms with Gasteiger partial charge in [0.25, 0.3) is 0 Å². The Bertz CT molecular complexity index is 1220. The summed E-state index contributed by atoms with van der Waals surface area (Å²) >= 11 is 0. The van der Waals surface area contributed by atoms with E-state index in [1.165, 1.54) is 10.6 Å². The minimum absolute atomic E-state index is 0.176. The van der Waals surface area contributed by atoms with Gasteiger partial charge in [-0.3, -0.25) is 9.55 Å². The molecule has 0 unspecified atom stereocenters. The van der Waals surface area contributed by atoms with Crippen LogP contribution in [-0.2, 0) is 10.0 Å². The summed E-state index contributed by atoms with van der Waals surface area (Å²) in [6, 6.07) is 8.06. The topological polar surface area (TPSA) is 99.4 Å². The normalized spacial score (nSPS) is 12.0. The van der Waals surface area contributed by atoms with Gasteiger partial charge in [0.1, 0.15) is 17.2 Å². The molecule has 1 aromatic carbocycles. The van der Waals surface area contributed by atoms with Crippen LogP contribution in [0.1, 0.15) is 5.56 Å². The van der Waals surface area contributed by atoms with Crippen LogP contribution < -0.4 is 13.8 Å². The molecule has 2 aromatic heterocycles. The lowest BCUT2D eigenvalue weighted by molar-refractivity contribution is 0.391. The summed E-state index contributed by atoms with van der Waals surface area (Å²) in [5.74, 6) is 1.60. The smallest absolute Gasteiger partial charge is 0.246 e. The molecule has 0 spiro atoms. The van der Waals surface area contributed by atoms with Crippen LogP contribution in [0.15, 0.2) is 36.7 Å². The SMILES string of the molecule is COc1cccc(OC)c1-n1c(-c2cncc(C)c2)nnc1N(CC[Si](C)(C)C)S(C)(=O)=O. The molecule has 9 nitrogen and oxygen atoms in total. The molecule has 0 radical (unpaired) electrons. The molecule has 0 atom stereocenters. The van der Waals surface area contributed by atoms with Crippen molar-refractivity contribution in [2.24, 2.45) is 0 Å². The Hall–Kier alpha value is -2.92. The molecule has 2 heterocycles. The van der Waals surface area contributed by atoms with Gasteiger partial charge in [-0.15, -0.1) is 10.2 Å². The number of methoxy groups -OCH3 is 2. The summed E-state index contributed by atoms with van der Waals surface area (Å²) in [7, 11) is -2.10. The molecular weight excluding hydrogens is 458 g/mol. The van der Waals surface area contributed by atoms with Gasteiger partial charge in [0.15, 0.2) is 5.82 Å². The highest BCUT2D eigenvalue weighted by molar-refractivity contribution is 7.92. The van der Waals surface area contributed by atoms with Crippen LogP contribution >= 0.6 is 0 Å².